The van der Waals surface area contributed by atoms with Gasteiger partial charge in [0.2, 0.25) is 0 Å². The number of primary amides is 1. The van der Waals surface area contributed by atoms with Gasteiger partial charge in [0.05, 0.1) is 6.20 Å². The minimum absolute atomic E-state index is 0.0193. The Balaban J connectivity index is 1.58. The predicted molar refractivity (Wildman–Crippen MR) is 117 cm³/mol. The quantitative estimate of drug-likeness (QED) is 0.553. The second kappa shape index (κ2) is 8.63. The fourth-order valence-corrected chi connectivity index (χ4v) is 3.81. The molecule has 2 heterocycles. The van der Waals surface area contributed by atoms with Crippen LogP contribution in [-0.2, 0) is 0 Å². The Morgan fingerprint density at radius 2 is 2.03 bits per heavy atom. The van der Waals surface area contributed by atoms with Gasteiger partial charge in [0.1, 0.15) is 11.5 Å². The van der Waals surface area contributed by atoms with Crippen molar-refractivity contribution in [2.45, 2.75) is 44.3 Å². The SMILES string of the molecule is CC1(F)CCC[C@@H](Nc2cnc(C(N)=O)c(Nc3cccc(-c4ncccn4)c3)n2)C1. The van der Waals surface area contributed by atoms with E-state index in [1.54, 1.807) is 25.4 Å². The largest absolute Gasteiger partial charge is 0.366 e. The van der Waals surface area contributed by atoms with Gasteiger partial charge >= 0.3 is 0 Å². The van der Waals surface area contributed by atoms with Gasteiger partial charge in [0, 0.05) is 36.1 Å². The molecule has 8 nitrogen and oxygen atoms in total. The third kappa shape index (κ3) is 5.11. The van der Waals surface area contributed by atoms with Crippen LogP contribution in [0.15, 0.2) is 48.9 Å². The molecule has 1 aliphatic rings. The lowest BCUT2D eigenvalue weighted by Gasteiger charge is -2.32. The van der Waals surface area contributed by atoms with E-state index in [9.17, 15) is 9.18 Å². The summed E-state index contributed by atoms with van der Waals surface area (Å²) in [4.78, 5) is 29.1. The third-order valence-electron chi connectivity index (χ3n) is 5.23. The molecule has 9 heteroatoms. The van der Waals surface area contributed by atoms with Gasteiger partial charge in [-0.15, -0.1) is 0 Å². The molecule has 2 atom stereocenters. The van der Waals surface area contributed by atoms with Crippen molar-refractivity contribution >= 4 is 23.2 Å². The standard InChI is InChI=1S/C22H24FN7O/c1-22(23)8-3-7-16(12-22)28-17-13-27-18(19(24)31)21(30-17)29-15-6-2-5-14(11-15)20-25-9-4-10-26-20/h2,4-6,9-11,13,16H,3,7-8,12H2,1H3,(H2,24,31)(H2,28,29,30)/t16-,22?/m1/s1. The predicted octanol–water partition coefficient (Wildman–Crippen LogP) is 3.86. The van der Waals surface area contributed by atoms with Crippen LogP contribution >= 0.6 is 0 Å². The number of nitrogens with two attached hydrogens (primary N) is 1. The molecule has 1 fully saturated rings. The average Bonchev–Trinajstić information content (AvgIpc) is 2.74. The molecule has 4 rings (SSSR count). The van der Waals surface area contributed by atoms with Crippen molar-refractivity contribution in [2.75, 3.05) is 10.6 Å². The fourth-order valence-electron chi connectivity index (χ4n) is 3.81. The van der Waals surface area contributed by atoms with E-state index in [1.807, 2.05) is 24.3 Å². The van der Waals surface area contributed by atoms with Crippen LogP contribution in [0, 0.1) is 0 Å². The van der Waals surface area contributed by atoms with Gasteiger partial charge in [-0.1, -0.05) is 12.1 Å². The Labute approximate surface area is 179 Å². The number of rotatable bonds is 6. The fraction of sp³-hybridized carbons (Fsp3) is 0.318. The first-order valence-corrected chi connectivity index (χ1v) is 10.2. The highest BCUT2D eigenvalue weighted by atomic mass is 19.1. The number of halogens is 1. The number of amides is 1. The van der Waals surface area contributed by atoms with E-state index in [0.29, 0.717) is 30.2 Å². The number of alkyl halides is 1. The molecule has 4 N–H and O–H groups in total. The van der Waals surface area contributed by atoms with Crippen molar-refractivity contribution in [1.82, 2.24) is 19.9 Å². The zero-order valence-corrected chi connectivity index (χ0v) is 17.2. The zero-order chi connectivity index (χ0) is 21.8. The van der Waals surface area contributed by atoms with Crippen molar-refractivity contribution < 1.29 is 9.18 Å². The van der Waals surface area contributed by atoms with E-state index >= 15 is 0 Å². The minimum Gasteiger partial charge on any atom is -0.366 e. The molecule has 0 spiro atoms. The number of hydrogen-bond acceptors (Lipinski definition) is 7. The molecule has 1 aromatic carbocycles. The van der Waals surface area contributed by atoms with Crippen molar-refractivity contribution in [3.63, 3.8) is 0 Å². The van der Waals surface area contributed by atoms with Crippen LogP contribution in [0.4, 0.5) is 21.7 Å². The lowest BCUT2D eigenvalue weighted by Crippen LogP contribution is -2.35. The molecule has 0 aliphatic heterocycles. The van der Waals surface area contributed by atoms with Gasteiger partial charge in [-0.2, -0.15) is 0 Å². The summed E-state index contributed by atoms with van der Waals surface area (Å²) in [6.45, 7) is 1.62. The Morgan fingerprint density at radius 1 is 1.23 bits per heavy atom. The van der Waals surface area contributed by atoms with Crippen LogP contribution in [0.1, 0.15) is 43.1 Å². The number of carbonyl (C=O) groups excluding carboxylic acids is 1. The first kappa shape index (κ1) is 20.6. The number of nitrogens with one attached hydrogen (secondary N) is 2. The van der Waals surface area contributed by atoms with Crippen LogP contribution in [0.3, 0.4) is 0 Å². The number of nitrogens with zero attached hydrogens (tertiary/aromatic N) is 4. The summed E-state index contributed by atoms with van der Waals surface area (Å²) < 4.78 is 14.4. The molecule has 1 aliphatic carbocycles. The zero-order valence-electron chi connectivity index (χ0n) is 17.2. The molecule has 160 valence electrons. The van der Waals surface area contributed by atoms with Gasteiger partial charge in [-0.25, -0.2) is 24.3 Å². The summed E-state index contributed by atoms with van der Waals surface area (Å²) in [7, 11) is 0. The number of benzene rings is 1. The van der Waals surface area contributed by atoms with E-state index in [1.165, 1.54) is 6.20 Å². The smallest absolute Gasteiger partial charge is 0.271 e. The van der Waals surface area contributed by atoms with E-state index < -0.39 is 11.6 Å². The molecule has 0 bridgehead atoms. The summed E-state index contributed by atoms with van der Waals surface area (Å²) in [6.07, 6.45) is 7.39. The lowest BCUT2D eigenvalue weighted by atomic mass is 9.84. The molecule has 1 unspecified atom stereocenters. The Morgan fingerprint density at radius 3 is 2.77 bits per heavy atom. The maximum atomic E-state index is 14.4. The van der Waals surface area contributed by atoms with E-state index in [2.05, 4.69) is 30.6 Å². The second-order valence-electron chi connectivity index (χ2n) is 7.95. The summed E-state index contributed by atoms with van der Waals surface area (Å²) in [6, 6.07) is 9.10. The van der Waals surface area contributed by atoms with Gasteiger partial charge < -0.3 is 16.4 Å². The van der Waals surface area contributed by atoms with Gasteiger partial charge in [-0.3, -0.25) is 4.79 Å². The van der Waals surface area contributed by atoms with Crippen molar-refractivity contribution in [3.05, 3.63) is 54.6 Å². The Hall–Kier alpha value is -3.62. The second-order valence-corrected chi connectivity index (χ2v) is 7.95. The van der Waals surface area contributed by atoms with Crippen LogP contribution in [0.2, 0.25) is 0 Å². The molecule has 1 saturated carbocycles. The summed E-state index contributed by atoms with van der Waals surface area (Å²) in [5.41, 5.74) is 5.79. The van der Waals surface area contributed by atoms with Gasteiger partial charge in [0.25, 0.3) is 5.91 Å². The highest BCUT2D eigenvalue weighted by molar-refractivity contribution is 5.96. The van der Waals surface area contributed by atoms with Crippen LogP contribution < -0.4 is 16.4 Å². The molecule has 0 radical (unpaired) electrons. The maximum absolute atomic E-state index is 14.4. The minimum atomic E-state index is -1.20. The Kier molecular flexibility index (Phi) is 5.75. The molecular weight excluding hydrogens is 397 g/mol. The molecule has 3 aromatic rings. The molecular formula is C22H24FN7O. The van der Waals surface area contributed by atoms with Gasteiger partial charge in [0.15, 0.2) is 17.3 Å². The highest BCUT2D eigenvalue weighted by Gasteiger charge is 2.32. The number of hydrogen-bond donors (Lipinski definition) is 3. The maximum Gasteiger partial charge on any atom is 0.271 e. The summed E-state index contributed by atoms with van der Waals surface area (Å²) >= 11 is 0. The van der Waals surface area contributed by atoms with Gasteiger partial charge in [-0.05, 0) is 44.4 Å². The molecule has 31 heavy (non-hydrogen) atoms. The molecule has 2 aromatic heterocycles. The molecule has 0 saturated heterocycles. The lowest BCUT2D eigenvalue weighted by molar-refractivity contribution is 0.0996. The monoisotopic (exact) mass is 421 g/mol. The van der Waals surface area contributed by atoms with Crippen LogP contribution in [0.5, 0.6) is 0 Å². The normalized spacial score (nSPS) is 20.8. The van der Waals surface area contributed by atoms with Crippen LogP contribution in [0.25, 0.3) is 11.4 Å². The summed E-state index contributed by atoms with van der Waals surface area (Å²) in [5, 5.41) is 6.35. The highest BCUT2D eigenvalue weighted by Crippen LogP contribution is 2.33. The van der Waals surface area contributed by atoms with E-state index in [4.69, 9.17) is 5.73 Å². The topological polar surface area (TPSA) is 119 Å². The van der Waals surface area contributed by atoms with Crippen LogP contribution in [-0.4, -0.2) is 37.6 Å². The van der Waals surface area contributed by atoms with E-state index in [0.717, 1.165) is 18.4 Å². The van der Waals surface area contributed by atoms with Crippen molar-refractivity contribution in [2.24, 2.45) is 5.73 Å². The average molecular weight is 421 g/mol. The summed E-state index contributed by atoms with van der Waals surface area (Å²) in [5.74, 6) is 0.563. The van der Waals surface area contributed by atoms with Crippen molar-refractivity contribution in [1.29, 1.82) is 0 Å². The number of carbonyl (C=O) groups is 1. The van der Waals surface area contributed by atoms with Crippen molar-refractivity contribution in [3.8, 4) is 11.4 Å². The third-order valence-corrected chi connectivity index (χ3v) is 5.23. The molecule has 1 amide bonds. The van der Waals surface area contributed by atoms with E-state index in [-0.39, 0.29) is 17.6 Å². The first-order chi connectivity index (χ1) is 14.9. The first-order valence-electron chi connectivity index (χ1n) is 10.2. The Bertz CT molecular complexity index is 1070. The number of aromatic nitrogens is 4. The number of anilines is 3.